The summed E-state index contributed by atoms with van der Waals surface area (Å²) in [4.78, 5) is 19.0. The molecular weight excluding hydrogens is 1080 g/mol. The third kappa shape index (κ3) is 19.3. The molecule has 348 valence electrons. The van der Waals surface area contributed by atoms with Crippen LogP contribution in [0.15, 0.2) is 94.1 Å². The quantitative estimate of drug-likeness (QED) is 0.0643. The van der Waals surface area contributed by atoms with Crippen LogP contribution in [0.4, 0.5) is 17.3 Å². The number of aromatic nitrogens is 4. The molecule has 0 aliphatic heterocycles. The maximum absolute atomic E-state index is 5.94. The Morgan fingerprint density at radius 2 is 1.06 bits per heavy atom. The summed E-state index contributed by atoms with van der Waals surface area (Å²) in [6.07, 6.45) is 3.21. The van der Waals surface area contributed by atoms with E-state index in [1.165, 1.54) is 19.6 Å². The molecule has 13 nitrogen and oxygen atoms in total. The van der Waals surface area contributed by atoms with Crippen LogP contribution in [-0.2, 0) is 15.1 Å². The summed E-state index contributed by atoms with van der Waals surface area (Å²) in [5.41, 5.74) is 11.1. The zero-order chi connectivity index (χ0) is 48.5. The van der Waals surface area contributed by atoms with Crippen LogP contribution < -0.4 is 39.5 Å². The minimum absolute atomic E-state index is 0.159. The van der Waals surface area contributed by atoms with Crippen molar-refractivity contribution in [3.8, 4) is 46.3 Å². The Morgan fingerprint density at radius 3 is 1.51 bits per heavy atom. The van der Waals surface area contributed by atoms with Crippen molar-refractivity contribution in [1.29, 1.82) is 0 Å². The van der Waals surface area contributed by atoms with Crippen LogP contribution in [0.1, 0.15) is 43.0 Å². The van der Waals surface area contributed by atoms with Crippen molar-refractivity contribution in [1.82, 2.24) is 24.8 Å². The number of nitrogens with one attached hydrogen (secondary N) is 1. The number of hydrogen-bond donors (Lipinski definition) is 2. The van der Waals surface area contributed by atoms with Gasteiger partial charge in [-0.1, -0.05) is 57.2 Å². The average Bonchev–Trinajstić information content (AvgIpc) is 3.28. The Morgan fingerprint density at radius 1 is 0.615 bits per heavy atom. The number of ether oxygens (including phenoxy) is 6. The first-order valence-electron chi connectivity index (χ1n) is 20.1. The molecule has 0 amide bonds. The predicted molar refractivity (Wildman–Crippen MR) is 268 cm³/mol. The van der Waals surface area contributed by atoms with Gasteiger partial charge >= 0.3 is 34.5 Å². The number of para-hydroxylation sites is 2. The van der Waals surface area contributed by atoms with E-state index in [4.69, 9.17) is 65.1 Å². The fourth-order valence-electron chi connectivity index (χ4n) is 5.64. The summed E-state index contributed by atoms with van der Waals surface area (Å²) in [7, 11) is 16.3. The van der Waals surface area contributed by atoms with E-state index < -0.39 is 15.1 Å². The van der Waals surface area contributed by atoms with E-state index in [1.54, 1.807) is 46.9 Å². The number of rotatable bonds is 13. The normalized spacial score (nSPS) is 9.86. The summed E-state index contributed by atoms with van der Waals surface area (Å²) < 4.78 is 33.9. The van der Waals surface area contributed by atoms with Crippen LogP contribution in [0.3, 0.4) is 0 Å². The van der Waals surface area contributed by atoms with Crippen molar-refractivity contribution in [3.05, 3.63) is 122 Å². The van der Waals surface area contributed by atoms with Gasteiger partial charge in [0.25, 0.3) is 0 Å². The number of nitrogen functional groups attached to an aromatic ring is 1. The van der Waals surface area contributed by atoms with Crippen molar-refractivity contribution in [3.63, 3.8) is 0 Å². The molecule has 19 heteroatoms. The molecule has 6 rings (SSSR count). The van der Waals surface area contributed by atoms with Crippen LogP contribution in [-0.4, -0.2) is 72.9 Å². The number of benzene rings is 4. The predicted octanol–water partition coefficient (Wildman–Crippen LogP) is 13.7. The van der Waals surface area contributed by atoms with Gasteiger partial charge in [0.15, 0.2) is 23.0 Å². The number of aryl methyl sites for hydroxylation is 4. The van der Waals surface area contributed by atoms with E-state index >= 15 is 0 Å². The molecule has 2 heterocycles. The van der Waals surface area contributed by atoms with Crippen molar-refractivity contribution < 1.29 is 43.6 Å². The molecule has 0 saturated heterocycles. The Hall–Kier alpha value is -4.15. The number of methoxy groups -OCH3 is 4. The molecule has 0 spiro atoms. The molecule has 2 aromatic heterocycles. The first-order valence-corrected chi connectivity index (χ1v) is 29.9. The fourth-order valence-corrected chi connectivity index (χ4v) is 6.31. The number of hydrogen-bond acceptors (Lipinski definition) is 13. The second-order valence-electron chi connectivity index (χ2n) is 13.3. The third-order valence-electron chi connectivity index (χ3n) is 8.94. The standard InChI is InChI=1S/C20H20BrN3O3.C11H8BrClN2O.C9H13NO2.C6H15N.2ClH.Zn/c1-12-7-5-6-8-16(12)27-19-15(21)11-22-20(24-19)23-14-9-13(2)18(26-4)17(10-14)25-3;1-7-4-2-3-5-9(7)16-10-8(12)6-14-11(13)15-10;1-6-4-7(10)5-8(11-2)9(6)12-3;1-4-7(5-2)6-3;;;/h5-11H,1-4H3,(H,22,23,24);2-6H,1H3;4-5H,10H2,1-3H3;4-6H2,1-3H3;2*1H;/q;;;;;;+2/p-2. The van der Waals surface area contributed by atoms with Gasteiger partial charge in [0.05, 0.1) is 43.6 Å². The zero-order valence-corrected chi connectivity index (χ0v) is 47.0. The Balaban J connectivity index is 0.000000324. The van der Waals surface area contributed by atoms with Gasteiger partial charge in [0.1, 0.15) is 11.5 Å². The van der Waals surface area contributed by atoms with Crippen molar-refractivity contribution in [2.45, 2.75) is 48.5 Å². The van der Waals surface area contributed by atoms with Crippen LogP contribution >= 0.6 is 62.8 Å². The van der Waals surface area contributed by atoms with E-state index in [0.29, 0.717) is 49.6 Å². The maximum atomic E-state index is 5.94. The molecule has 0 saturated carbocycles. The van der Waals surface area contributed by atoms with Gasteiger partial charge in [-0.05, 0) is 137 Å². The number of anilines is 3. The zero-order valence-electron chi connectivity index (χ0n) is 38.6. The van der Waals surface area contributed by atoms with Gasteiger partial charge < -0.3 is 44.4 Å². The molecule has 0 bridgehead atoms. The van der Waals surface area contributed by atoms with Gasteiger partial charge in [-0.25, -0.2) is 9.97 Å². The molecule has 0 aliphatic rings. The second kappa shape index (κ2) is 30.9. The van der Waals surface area contributed by atoms with Crippen LogP contribution in [0.5, 0.6) is 46.3 Å². The molecule has 6 aromatic rings. The van der Waals surface area contributed by atoms with Gasteiger partial charge in [0.2, 0.25) is 23.0 Å². The number of nitrogens with zero attached hydrogens (tertiary/aromatic N) is 5. The Bertz CT molecular complexity index is 2370. The summed E-state index contributed by atoms with van der Waals surface area (Å²) in [5, 5.41) is 3.34. The second-order valence-corrected chi connectivity index (χ2v) is 20.0. The van der Waals surface area contributed by atoms with Crippen molar-refractivity contribution in [2.24, 2.45) is 0 Å². The summed E-state index contributed by atoms with van der Waals surface area (Å²) in [6, 6.07) is 22.8. The van der Waals surface area contributed by atoms with E-state index in [2.05, 4.69) is 82.8 Å². The summed E-state index contributed by atoms with van der Waals surface area (Å²) >= 11 is 11.5. The van der Waals surface area contributed by atoms with Gasteiger partial charge in [0, 0.05) is 29.7 Å². The first kappa shape index (κ1) is 57.0. The number of halogens is 5. The molecule has 0 unspecified atom stereocenters. The fraction of sp³-hybridized carbons (Fsp3) is 0.304. The molecule has 65 heavy (non-hydrogen) atoms. The van der Waals surface area contributed by atoms with Crippen LogP contribution in [0.2, 0.25) is 5.28 Å². The van der Waals surface area contributed by atoms with Crippen molar-refractivity contribution in [2.75, 3.05) is 59.1 Å². The molecule has 3 N–H and O–H groups in total. The molecule has 0 aliphatic carbocycles. The molecule has 0 fully saturated rings. The Kier molecular flexibility index (Phi) is 27.1. The SMILES string of the molecule is CCN(CC)CC.COc1cc(N)cc(C)c1OC.COc1cc(Nc2ncc(Br)c(Oc3ccccc3C)n2)cc(C)c1OC.Cc1ccccc1Oc1nc(Cl)ncc1Br.[Cl][Zn][Cl]. The molecule has 4 aromatic carbocycles. The average molecular weight is 1130 g/mol. The topological polar surface area (TPSA) is 148 Å². The monoisotopic (exact) mass is 1130 g/mol. The van der Waals surface area contributed by atoms with E-state index in [9.17, 15) is 0 Å². The van der Waals surface area contributed by atoms with Gasteiger partial charge in [-0.2, -0.15) is 9.97 Å². The van der Waals surface area contributed by atoms with E-state index in [0.717, 1.165) is 45.2 Å². The van der Waals surface area contributed by atoms with Crippen LogP contribution in [0, 0.1) is 27.7 Å². The number of nitrogens with two attached hydrogens (primary N) is 1. The summed E-state index contributed by atoms with van der Waals surface area (Å²) in [5.74, 6) is 5.49. The Labute approximate surface area is 421 Å². The van der Waals surface area contributed by atoms with Gasteiger partial charge in [-0.3, -0.25) is 0 Å². The first-order chi connectivity index (χ1) is 31.1. The van der Waals surface area contributed by atoms with E-state index in [1.807, 2.05) is 94.4 Å². The van der Waals surface area contributed by atoms with Crippen molar-refractivity contribution >= 4 is 80.2 Å². The molecule has 0 atom stereocenters. The van der Waals surface area contributed by atoms with Gasteiger partial charge in [-0.15, -0.1) is 0 Å². The minimum atomic E-state index is -0.931. The molecular formula is C46H56Br2Cl3N7O6Zn. The molecule has 0 radical (unpaired) electrons. The van der Waals surface area contributed by atoms with E-state index in [-0.39, 0.29) is 5.28 Å². The van der Waals surface area contributed by atoms with Crippen LogP contribution in [0.25, 0.3) is 0 Å². The third-order valence-corrected chi connectivity index (χ3v) is 10.2. The summed E-state index contributed by atoms with van der Waals surface area (Å²) in [6.45, 7) is 17.9.